The molecule has 1 aromatic heterocycles. The highest BCUT2D eigenvalue weighted by Crippen LogP contribution is 2.62. The van der Waals surface area contributed by atoms with Crippen molar-refractivity contribution < 1.29 is 0 Å². The highest BCUT2D eigenvalue weighted by molar-refractivity contribution is 5.95. The summed E-state index contributed by atoms with van der Waals surface area (Å²) in [6.07, 6.45) is 3.40. The Balaban J connectivity index is 1.33. The first-order valence-electron chi connectivity index (χ1n) is 13.2. The minimum Gasteiger partial charge on any atom is -0.263 e. The molecule has 39 heavy (non-hydrogen) atoms. The average Bonchev–Trinajstić information content (AvgIpc) is 3.48. The summed E-state index contributed by atoms with van der Waals surface area (Å²) in [6, 6.07) is 46.3. The molecule has 1 heterocycles. The van der Waals surface area contributed by atoms with Crippen LogP contribution in [0.5, 0.6) is 0 Å². The standard InChI is InChI=1S/C37H22N2/c38-21-24-19-28(23-39-22-24)26-15-13-25(14-16-26)27-17-18-32-31-9-3-6-12-35(31)37(36(32)20-27)33-10-4-1-7-29(33)30-8-2-5-11-34(30)37/h1-20,22-23H. The lowest BCUT2D eigenvalue weighted by molar-refractivity contribution is 0.794. The zero-order valence-corrected chi connectivity index (χ0v) is 21.1. The van der Waals surface area contributed by atoms with Gasteiger partial charge in [0.2, 0.25) is 0 Å². The van der Waals surface area contributed by atoms with Gasteiger partial charge in [0.25, 0.3) is 0 Å². The van der Waals surface area contributed by atoms with E-state index >= 15 is 0 Å². The molecule has 2 heteroatoms. The molecule has 0 unspecified atom stereocenters. The Kier molecular flexibility index (Phi) is 4.54. The smallest absolute Gasteiger partial charge is 0.101 e. The topological polar surface area (TPSA) is 36.7 Å². The van der Waals surface area contributed by atoms with Gasteiger partial charge in [-0.05, 0) is 73.3 Å². The van der Waals surface area contributed by atoms with Gasteiger partial charge < -0.3 is 0 Å². The maximum Gasteiger partial charge on any atom is 0.101 e. The van der Waals surface area contributed by atoms with Crippen LogP contribution in [0.4, 0.5) is 0 Å². The lowest BCUT2D eigenvalue weighted by Crippen LogP contribution is -2.25. The third kappa shape index (κ3) is 2.93. The lowest BCUT2D eigenvalue weighted by Gasteiger charge is -2.30. The van der Waals surface area contributed by atoms with E-state index in [2.05, 4.69) is 126 Å². The summed E-state index contributed by atoms with van der Waals surface area (Å²) in [4.78, 5) is 4.23. The summed E-state index contributed by atoms with van der Waals surface area (Å²) in [6.45, 7) is 0. The number of pyridine rings is 1. The van der Waals surface area contributed by atoms with Crippen LogP contribution in [0.1, 0.15) is 27.8 Å². The third-order valence-electron chi connectivity index (χ3n) is 8.42. The first kappa shape index (κ1) is 21.8. The van der Waals surface area contributed by atoms with E-state index in [1.807, 2.05) is 6.07 Å². The predicted molar refractivity (Wildman–Crippen MR) is 156 cm³/mol. The second-order valence-electron chi connectivity index (χ2n) is 10.3. The third-order valence-corrected chi connectivity index (χ3v) is 8.42. The molecule has 0 atom stereocenters. The van der Waals surface area contributed by atoms with E-state index in [1.54, 1.807) is 12.4 Å². The molecule has 0 saturated heterocycles. The fourth-order valence-corrected chi connectivity index (χ4v) is 6.79. The number of hydrogen-bond acceptors (Lipinski definition) is 2. The van der Waals surface area contributed by atoms with Crippen LogP contribution in [0.3, 0.4) is 0 Å². The van der Waals surface area contributed by atoms with E-state index in [0.717, 1.165) is 16.7 Å². The van der Waals surface area contributed by atoms with Crippen molar-refractivity contribution in [1.29, 1.82) is 5.26 Å². The fraction of sp³-hybridized carbons (Fsp3) is 0.0270. The number of nitrogens with zero attached hydrogens (tertiary/aromatic N) is 2. The van der Waals surface area contributed by atoms with Gasteiger partial charge in [-0.1, -0.05) is 109 Å². The summed E-state index contributed by atoms with van der Waals surface area (Å²) in [5.41, 5.74) is 15.2. The second-order valence-corrected chi connectivity index (χ2v) is 10.3. The maximum absolute atomic E-state index is 9.26. The molecule has 0 amide bonds. The Morgan fingerprint density at radius 2 is 0.949 bits per heavy atom. The first-order chi connectivity index (χ1) is 19.3. The zero-order valence-electron chi connectivity index (χ0n) is 21.1. The van der Waals surface area contributed by atoms with Crippen molar-refractivity contribution in [2.24, 2.45) is 0 Å². The van der Waals surface area contributed by atoms with Crippen LogP contribution in [-0.2, 0) is 5.41 Å². The van der Waals surface area contributed by atoms with Gasteiger partial charge >= 0.3 is 0 Å². The molecule has 6 aromatic rings. The molecule has 2 aliphatic rings. The van der Waals surface area contributed by atoms with Crippen LogP contribution in [0.15, 0.2) is 134 Å². The molecule has 5 aromatic carbocycles. The highest BCUT2D eigenvalue weighted by atomic mass is 14.6. The molecule has 0 N–H and O–H groups in total. The van der Waals surface area contributed by atoms with Crippen LogP contribution >= 0.6 is 0 Å². The molecule has 8 rings (SSSR count). The molecule has 0 radical (unpaired) electrons. The number of rotatable bonds is 2. The molecule has 0 fully saturated rings. The Hall–Kier alpha value is -5.26. The molecule has 0 bridgehead atoms. The van der Waals surface area contributed by atoms with Crippen LogP contribution in [-0.4, -0.2) is 4.98 Å². The first-order valence-corrected chi connectivity index (χ1v) is 13.2. The van der Waals surface area contributed by atoms with E-state index in [4.69, 9.17) is 0 Å². The van der Waals surface area contributed by atoms with Crippen molar-refractivity contribution in [2.45, 2.75) is 5.41 Å². The molecular formula is C37H22N2. The molecule has 1 spiro atoms. The largest absolute Gasteiger partial charge is 0.263 e. The minimum absolute atomic E-state index is 0.335. The van der Waals surface area contributed by atoms with Gasteiger partial charge in [0, 0.05) is 18.0 Å². The van der Waals surface area contributed by atoms with Gasteiger partial charge in [-0.2, -0.15) is 5.26 Å². The summed E-state index contributed by atoms with van der Waals surface area (Å²) < 4.78 is 0. The molecule has 2 nitrogen and oxygen atoms in total. The molecule has 0 saturated carbocycles. The van der Waals surface area contributed by atoms with E-state index in [9.17, 15) is 5.26 Å². The number of aromatic nitrogens is 1. The van der Waals surface area contributed by atoms with Crippen molar-refractivity contribution in [3.05, 3.63) is 162 Å². The second kappa shape index (κ2) is 8.12. The summed E-state index contributed by atoms with van der Waals surface area (Å²) in [5.74, 6) is 0. The van der Waals surface area contributed by atoms with Gasteiger partial charge in [-0.25, -0.2) is 0 Å². The van der Waals surface area contributed by atoms with Crippen molar-refractivity contribution in [3.63, 3.8) is 0 Å². The highest BCUT2D eigenvalue weighted by Gasteiger charge is 2.51. The molecule has 0 aliphatic heterocycles. The van der Waals surface area contributed by atoms with Gasteiger partial charge in [-0.3, -0.25) is 4.98 Å². The summed E-state index contributed by atoms with van der Waals surface area (Å²) in [7, 11) is 0. The van der Waals surface area contributed by atoms with Gasteiger partial charge in [-0.15, -0.1) is 0 Å². The number of fused-ring (bicyclic) bond motifs is 10. The van der Waals surface area contributed by atoms with E-state index in [0.29, 0.717) is 5.56 Å². The van der Waals surface area contributed by atoms with E-state index < -0.39 is 0 Å². The molecule has 180 valence electrons. The normalized spacial score (nSPS) is 13.3. The van der Waals surface area contributed by atoms with Crippen molar-refractivity contribution in [2.75, 3.05) is 0 Å². The van der Waals surface area contributed by atoms with E-state index in [1.165, 1.54) is 50.1 Å². The monoisotopic (exact) mass is 494 g/mol. The predicted octanol–water partition coefficient (Wildman–Crippen LogP) is 8.63. The number of benzene rings is 5. The Labute approximate surface area is 227 Å². The fourth-order valence-electron chi connectivity index (χ4n) is 6.79. The van der Waals surface area contributed by atoms with Crippen molar-refractivity contribution >= 4 is 0 Å². The number of hydrogen-bond donors (Lipinski definition) is 0. The van der Waals surface area contributed by atoms with Gasteiger partial charge in [0.05, 0.1) is 11.0 Å². The quantitative estimate of drug-likeness (QED) is 0.241. The molecule has 2 aliphatic carbocycles. The van der Waals surface area contributed by atoms with Crippen LogP contribution in [0.25, 0.3) is 44.5 Å². The van der Waals surface area contributed by atoms with Crippen LogP contribution < -0.4 is 0 Å². The zero-order chi connectivity index (χ0) is 26.0. The minimum atomic E-state index is -0.335. The number of nitriles is 1. The lowest BCUT2D eigenvalue weighted by atomic mass is 9.70. The maximum atomic E-state index is 9.26. The van der Waals surface area contributed by atoms with Crippen LogP contribution in [0.2, 0.25) is 0 Å². The van der Waals surface area contributed by atoms with Crippen molar-refractivity contribution in [1.82, 2.24) is 4.98 Å². The Morgan fingerprint density at radius 1 is 0.462 bits per heavy atom. The SMILES string of the molecule is N#Cc1cncc(-c2ccc(-c3ccc4c(c3)C3(c5ccccc5-c5ccccc53)c3ccccc3-4)cc2)c1. The average molecular weight is 495 g/mol. The van der Waals surface area contributed by atoms with Gasteiger partial charge in [0.15, 0.2) is 0 Å². The van der Waals surface area contributed by atoms with Crippen molar-refractivity contribution in [3.8, 4) is 50.6 Å². The van der Waals surface area contributed by atoms with E-state index in [-0.39, 0.29) is 5.41 Å². The van der Waals surface area contributed by atoms with Crippen LogP contribution in [0, 0.1) is 11.3 Å². The van der Waals surface area contributed by atoms with Gasteiger partial charge in [0.1, 0.15) is 6.07 Å². The summed E-state index contributed by atoms with van der Waals surface area (Å²) >= 11 is 0. The Bertz CT molecular complexity index is 1910. The molecular weight excluding hydrogens is 472 g/mol. The Morgan fingerprint density at radius 3 is 1.51 bits per heavy atom. The summed E-state index contributed by atoms with van der Waals surface area (Å²) in [5, 5.41) is 9.26.